The molecule has 0 fully saturated rings. The summed E-state index contributed by atoms with van der Waals surface area (Å²) in [5.41, 5.74) is 3.44. The summed E-state index contributed by atoms with van der Waals surface area (Å²) in [5, 5.41) is 15.3. The summed E-state index contributed by atoms with van der Waals surface area (Å²) < 4.78 is 1.10. The standard InChI is InChI=1S/C18H12IN3S/c19-15-8-4-5-9-16(15)21-11-14(10-20)18-22-17(12-23-18)13-6-2-1-3-7-13/h1-9,11-12,21H. The lowest BCUT2D eigenvalue weighted by Crippen LogP contribution is -1.93. The number of halogens is 1. The molecule has 3 rings (SSSR count). The molecule has 1 aromatic heterocycles. The van der Waals surface area contributed by atoms with Gasteiger partial charge in [-0.3, -0.25) is 0 Å². The van der Waals surface area contributed by atoms with Gasteiger partial charge in [-0.15, -0.1) is 11.3 Å². The smallest absolute Gasteiger partial charge is 0.136 e. The SMILES string of the molecule is N#CC(=CNc1ccccc1I)c1nc(-c2ccccc2)cs1. The number of nitriles is 1. The van der Waals surface area contributed by atoms with E-state index < -0.39 is 0 Å². The Kier molecular flexibility index (Phi) is 5.05. The van der Waals surface area contributed by atoms with Crippen LogP contribution in [0.3, 0.4) is 0 Å². The van der Waals surface area contributed by atoms with Gasteiger partial charge >= 0.3 is 0 Å². The van der Waals surface area contributed by atoms with Crippen molar-refractivity contribution in [2.45, 2.75) is 0 Å². The molecule has 0 atom stereocenters. The van der Waals surface area contributed by atoms with Crippen molar-refractivity contribution in [2.75, 3.05) is 5.32 Å². The molecule has 0 saturated heterocycles. The second-order valence-electron chi connectivity index (χ2n) is 4.70. The lowest BCUT2D eigenvalue weighted by Gasteiger charge is -2.03. The molecule has 112 valence electrons. The first kappa shape index (κ1) is 15.7. The Morgan fingerprint density at radius 2 is 1.87 bits per heavy atom. The topological polar surface area (TPSA) is 48.7 Å². The molecule has 0 bridgehead atoms. The first-order chi connectivity index (χ1) is 11.3. The minimum absolute atomic E-state index is 0.525. The first-order valence-corrected chi connectivity index (χ1v) is 8.86. The zero-order valence-corrected chi connectivity index (χ0v) is 15.0. The summed E-state index contributed by atoms with van der Waals surface area (Å²) in [4.78, 5) is 4.57. The maximum atomic E-state index is 9.41. The highest BCUT2D eigenvalue weighted by molar-refractivity contribution is 14.1. The van der Waals surface area contributed by atoms with E-state index in [-0.39, 0.29) is 0 Å². The van der Waals surface area contributed by atoms with Gasteiger partial charge in [0.05, 0.1) is 11.4 Å². The number of benzene rings is 2. The van der Waals surface area contributed by atoms with Gasteiger partial charge in [0.15, 0.2) is 0 Å². The van der Waals surface area contributed by atoms with Crippen molar-refractivity contribution in [3.8, 4) is 17.3 Å². The second-order valence-corrected chi connectivity index (χ2v) is 6.72. The minimum atomic E-state index is 0.525. The van der Waals surface area contributed by atoms with Crippen LogP contribution in [0.5, 0.6) is 0 Å². The molecule has 3 aromatic rings. The number of hydrogen-bond acceptors (Lipinski definition) is 4. The summed E-state index contributed by atoms with van der Waals surface area (Å²) in [6.07, 6.45) is 1.71. The van der Waals surface area contributed by atoms with E-state index in [4.69, 9.17) is 0 Å². The molecule has 0 radical (unpaired) electrons. The van der Waals surface area contributed by atoms with Crippen molar-refractivity contribution in [1.82, 2.24) is 4.98 Å². The third-order valence-electron chi connectivity index (χ3n) is 3.17. The van der Waals surface area contributed by atoms with Crippen LogP contribution in [0.15, 0.2) is 66.2 Å². The number of rotatable bonds is 4. The molecule has 0 saturated carbocycles. The highest BCUT2D eigenvalue weighted by Crippen LogP contribution is 2.26. The average Bonchev–Trinajstić information content (AvgIpc) is 3.08. The van der Waals surface area contributed by atoms with Crippen molar-refractivity contribution >= 4 is 45.2 Å². The molecule has 23 heavy (non-hydrogen) atoms. The van der Waals surface area contributed by atoms with Crippen LogP contribution in [-0.2, 0) is 0 Å². The average molecular weight is 429 g/mol. The lowest BCUT2D eigenvalue weighted by molar-refractivity contribution is 1.36. The minimum Gasteiger partial charge on any atom is -0.359 e. The Hall–Kier alpha value is -2.17. The van der Waals surface area contributed by atoms with E-state index in [1.165, 1.54) is 11.3 Å². The fraction of sp³-hybridized carbons (Fsp3) is 0. The van der Waals surface area contributed by atoms with E-state index in [0.29, 0.717) is 10.6 Å². The second kappa shape index (κ2) is 7.40. The molecule has 0 spiro atoms. The summed E-state index contributed by atoms with van der Waals surface area (Å²) in [5.74, 6) is 0. The van der Waals surface area contributed by atoms with Gasteiger partial charge in [0.2, 0.25) is 0 Å². The molecule has 2 aromatic carbocycles. The normalized spacial score (nSPS) is 11.0. The number of hydrogen-bond donors (Lipinski definition) is 1. The summed E-state index contributed by atoms with van der Waals surface area (Å²) in [6, 6.07) is 20.1. The van der Waals surface area contributed by atoms with Gasteiger partial charge in [0.25, 0.3) is 0 Å². The van der Waals surface area contributed by atoms with Gasteiger partial charge in [-0.05, 0) is 34.7 Å². The number of allylic oxidation sites excluding steroid dienone is 1. The van der Waals surface area contributed by atoms with E-state index in [1.807, 2.05) is 60.0 Å². The van der Waals surface area contributed by atoms with E-state index in [0.717, 1.165) is 20.5 Å². The van der Waals surface area contributed by atoms with Crippen LogP contribution < -0.4 is 5.32 Å². The predicted octanol–water partition coefficient (Wildman–Crippen LogP) is 5.39. The monoisotopic (exact) mass is 429 g/mol. The zero-order chi connectivity index (χ0) is 16.1. The molecular weight excluding hydrogens is 417 g/mol. The van der Waals surface area contributed by atoms with Crippen LogP contribution in [0.4, 0.5) is 5.69 Å². The molecule has 1 N–H and O–H groups in total. The number of anilines is 1. The van der Waals surface area contributed by atoms with Crippen LogP contribution in [0, 0.1) is 14.9 Å². The highest BCUT2D eigenvalue weighted by atomic mass is 127. The van der Waals surface area contributed by atoms with Crippen molar-refractivity contribution < 1.29 is 0 Å². The fourth-order valence-electron chi connectivity index (χ4n) is 2.01. The first-order valence-electron chi connectivity index (χ1n) is 6.90. The van der Waals surface area contributed by atoms with E-state index in [9.17, 15) is 5.26 Å². The Balaban J connectivity index is 1.85. The Morgan fingerprint density at radius 3 is 2.61 bits per heavy atom. The number of thiazole rings is 1. The predicted molar refractivity (Wildman–Crippen MR) is 104 cm³/mol. The van der Waals surface area contributed by atoms with E-state index in [2.05, 4.69) is 39.0 Å². The van der Waals surface area contributed by atoms with Gasteiger partial charge in [0.1, 0.15) is 16.6 Å². The Morgan fingerprint density at radius 1 is 1.13 bits per heavy atom. The Bertz CT molecular complexity index is 879. The maximum absolute atomic E-state index is 9.41. The summed E-state index contributed by atoms with van der Waals surface area (Å²) >= 11 is 3.73. The number of para-hydroxylation sites is 1. The quantitative estimate of drug-likeness (QED) is 0.447. The third kappa shape index (κ3) is 3.78. The van der Waals surface area contributed by atoms with Crippen LogP contribution in [-0.4, -0.2) is 4.98 Å². The van der Waals surface area contributed by atoms with Crippen LogP contribution >= 0.6 is 33.9 Å². The lowest BCUT2D eigenvalue weighted by atomic mass is 10.2. The molecule has 3 nitrogen and oxygen atoms in total. The number of nitrogens with zero attached hydrogens (tertiary/aromatic N) is 2. The molecule has 0 aliphatic rings. The van der Waals surface area contributed by atoms with Gasteiger partial charge < -0.3 is 5.32 Å². The van der Waals surface area contributed by atoms with Gasteiger partial charge in [-0.1, -0.05) is 42.5 Å². The molecule has 0 aliphatic heterocycles. The van der Waals surface area contributed by atoms with Gasteiger partial charge in [-0.25, -0.2) is 4.98 Å². The van der Waals surface area contributed by atoms with Crippen LogP contribution in [0.1, 0.15) is 5.01 Å². The fourth-order valence-corrected chi connectivity index (χ4v) is 3.35. The van der Waals surface area contributed by atoms with Gasteiger partial charge in [0, 0.05) is 20.7 Å². The van der Waals surface area contributed by atoms with Crippen molar-refractivity contribution in [3.05, 3.63) is 74.8 Å². The van der Waals surface area contributed by atoms with Gasteiger partial charge in [-0.2, -0.15) is 5.26 Å². The molecule has 0 unspecified atom stereocenters. The van der Waals surface area contributed by atoms with Crippen molar-refractivity contribution in [3.63, 3.8) is 0 Å². The van der Waals surface area contributed by atoms with Crippen molar-refractivity contribution in [1.29, 1.82) is 5.26 Å². The zero-order valence-electron chi connectivity index (χ0n) is 12.0. The van der Waals surface area contributed by atoms with E-state index in [1.54, 1.807) is 6.20 Å². The molecule has 1 heterocycles. The summed E-state index contributed by atoms with van der Waals surface area (Å²) in [7, 11) is 0. The van der Waals surface area contributed by atoms with Crippen LogP contribution in [0.25, 0.3) is 16.8 Å². The molecule has 0 amide bonds. The number of nitrogens with one attached hydrogen (secondary N) is 1. The molecule has 0 aliphatic carbocycles. The van der Waals surface area contributed by atoms with Crippen LogP contribution in [0.2, 0.25) is 0 Å². The maximum Gasteiger partial charge on any atom is 0.136 e. The highest BCUT2D eigenvalue weighted by Gasteiger charge is 2.09. The number of aromatic nitrogens is 1. The largest absolute Gasteiger partial charge is 0.359 e. The van der Waals surface area contributed by atoms with E-state index >= 15 is 0 Å². The summed E-state index contributed by atoms with van der Waals surface area (Å²) in [6.45, 7) is 0. The third-order valence-corrected chi connectivity index (χ3v) is 4.99. The molecule has 5 heteroatoms. The van der Waals surface area contributed by atoms with Crippen molar-refractivity contribution in [2.24, 2.45) is 0 Å². The molecular formula is C18H12IN3S. The Labute approximate surface area is 152 Å².